The third-order valence-electron chi connectivity index (χ3n) is 7.21. The number of nitrogens with one attached hydrogen (secondary N) is 2. The highest BCUT2D eigenvalue weighted by molar-refractivity contribution is 5.87. The van der Waals surface area contributed by atoms with Gasteiger partial charge in [0, 0.05) is 43.2 Å². The van der Waals surface area contributed by atoms with Crippen molar-refractivity contribution in [2.75, 3.05) is 25.5 Å². The molecule has 0 bridgehead atoms. The van der Waals surface area contributed by atoms with Crippen LogP contribution in [0.1, 0.15) is 62.1 Å². The van der Waals surface area contributed by atoms with Gasteiger partial charge in [0.05, 0.1) is 12.5 Å². The van der Waals surface area contributed by atoms with Gasteiger partial charge in [-0.15, -0.1) is 0 Å². The van der Waals surface area contributed by atoms with Crippen LogP contribution < -0.4 is 10.1 Å². The van der Waals surface area contributed by atoms with Gasteiger partial charge in [-0.2, -0.15) is 5.10 Å². The summed E-state index contributed by atoms with van der Waals surface area (Å²) in [6, 6.07) is 12.2. The number of hydrogen-bond donors (Lipinski definition) is 2. The molecule has 1 saturated heterocycles. The first kappa shape index (κ1) is 21.7. The minimum atomic E-state index is 0.281. The Morgan fingerprint density at radius 2 is 2.00 bits per heavy atom. The molecule has 1 saturated carbocycles. The Kier molecular flexibility index (Phi) is 6.46. The number of benzene rings is 1. The number of methoxy groups -OCH3 is 1. The molecule has 7 nitrogen and oxygen atoms in total. The molecular formula is C26H33N5O2. The standard InChI is InChI=1S/C26H33N5O2/c1-33-23-11-5-4-9-19(23)16-27-25-21-12-13-22(28-26(21)30-29-25)20-10-6-14-31(17-20)24(32)15-18-7-2-3-8-18/h4-5,9,11-13,18,20H,2-3,6-8,10,14-17H2,1H3,(H2,27,28,29,30)/t20-/m1/s1. The fourth-order valence-corrected chi connectivity index (χ4v) is 5.35. The second-order valence-electron chi connectivity index (χ2n) is 9.40. The van der Waals surface area contributed by atoms with E-state index in [1.807, 2.05) is 24.3 Å². The number of H-pyrrole nitrogens is 1. The van der Waals surface area contributed by atoms with Crippen molar-refractivity contribution in [1.82, 2.24) is 20.1 Å². The van der Waals surface area contributed by atoms with Crippen molar-refractivity contribution in [3.63, 3.8) is 0 Å². The highest BCUT2D eigenvalue weighted by Gasteiger charge is 2.28. The van der Waals surface area contributed by atoms with Crippen molar-refractivity contribution in [2.45, 2.75) is 57.4 Å². The summed E-state index contributed by atoms with van der Waals surface area (Å²) in [7, 11) is 1.68. The van der Waals surface area contributed by atoms with Crippen LogP contribution in [-0.4, -0.2) is 46.2 Å². The fraction of sp³-hybridized carbons (Fsp3) is 0.500. The van der Waals surface area contributed by atoms with Crippen LogP contribution in [0.25, 0.3) is 11.0 Å². The van der Waals surface area contributed by atoms with E-state index in [2.05, 4.69) is 32.5 Å². The highest BCUT2D eigenvalue weighted by Crippen LogP contribution is 2.32. The molecule has 2 N–H and O–H groups in total. The van der Waals surface area contributed by atoms with Gasteiger partial charge in [0.25, 0.3) is 0 Å². The Balaban J connectivity index is 1.25. The first-order valence-electron chi connectivity index (χ1n) is 12.2. The maximum atomic E-state index is 12.9. The van der Waals surface area contributed by atoms with E-state index in [4.69, 9.17) is 9.72 Å². The van der Waals surface area contributed by atoms with Crippen molar-refractivity contribution in [3.8, 4) is 5.75 Å². The molecule has 7 heteroatoms. The van der Waals surface area contributed by atoms with E-state index in [0.29, 0.717) is 18.4 Å². The molecule has 3 aromatic rings. The van der Waals surface area contributed by atoms with Gasteiger partial charge in [0.15, 0.2) is 11.5 Å². The van der Waals surface area contributed by atoms with Crippen molar-refractivity contribution < 1.29 is 9.53 Å². The smallest absolute Gasteiger partial charge is 0.222 e. The topological polar surface area (TPSA) is 83.1 Å². The van der Waals surface area contributed by atoms with Crippen LogP contribution in [0.5, 0.6) is 5.75 Å². The van der Waals surface area contributed by atoms with Gasteiger partial charge in [-0.3, -0.25) is 9.89 Å². The summed E-state index contributed by atoms with van der Waals surface area (Å²) in [5.41, 5.74) is 2.90. The van der Waals surface area contributed by atoms with Crippen LogP contribution in [0.4, 0.5) is 5.82 Å². The Bertz CT molecular complexity index is 1110. The SMILES string of the molecule is COc1ccccc1CNc1n[nH]c2nc([C@@H]3CCCN(C(=O)CC4CCCC4)C3)ccc12. The lowest BCUT2D eigenvalue weighted by Crippen LogP contribution is -2.39. The van der Waals surface area contributed by atoms with Gasteiger partial charge in [-0.05, 0) is 49.8 Å². The zero-order valence-electron chi connectivity index (χ0n) is 19.3. The molecule has 2 aliphatic rings. The molecule has 1 atom stereocenters. The zero-order valence-corrected chi connectivity index (χ0v) is 19.3. The number of carbonyl (C=O) groups excluding carboxylic acids is 1. The molecule has 1 amide bonds. The molecule has 2 fully saturated rings. The number of fused-ring (bicyclic) bond motifs is 1. The molecule has 1 aromatic carbocycles. The lowest BCUT2D eigenvalue weighted by atomic mass is 9.93. The molecule has 3 heterocycles. The van der Waals surface area contributed by atoms with E-state index in [-0.39, 0.29) is 5.92 Å². The number of hydrogen-bond acceptors (Lipinski definition) is 5. The number of aromatic amines is 1. The number of anilines is 1. The zero-order chi connectivity index (χ0) is 22.6. The number of pyridine rings is 1. The lowest BCUT2D eigenvalue weighted by molar-refractivity contribution is -0.133. The number of rotatable bonds is 7. The van der Waals surface area contributed by atoms with Crippen LogP contribution in [-0.2, 0) is 11.3 Å². The number of nitrogens with zero attached hydrogens (tertiary/aromatic N) is 3. The monoisotopic (exact) mass is 447 g/mol. The summed E-state index contributed by atoms with van der Waals surface area (Å²) in [6.45, 7) is 2.27. The van der Waals surface area contributed by atoms with Gasteiger partial charge in [0.2, 0.25) is 5.91 Å². The van der Waals surface area contributed by atoms with Crippen LogP contribution in [0, 0.1) is 5.92 Å². The summed E-state index contributed by atoms with van der Waals surface area (Å²) in [5, 5.41) is 11.9. The number of ether oxygens (including phenoxy) is 1. The second-order valence-corrected chi connectivity index (χ2v) is 9.40. The maximum absolute atomic E-state index is 12.9. The number of piperidine rings is 1. The third kappa shape index (κ3) is 4.82. The van der Waals surface area contributed by atoms with Crippen LogP contribution in [0.15, 0.2) is 36.4 Å². The van der Waals surface area contributed by atoms with Crippen LogP contribution in [0.2, 0.25) is 0 Å². The number of carbonyl (C=O) groups is 1. The van der Waals surface area contributed by atoms with E-state index in [0.717, 1.165) is 66.2 Å². The molecule has 33 heavy (non-hydrogen) atoms. The van der Waals surface area contributed by atoms with E-state index >= 15 is 0 Å². The summed E-state index contributed by atoms with van der Waals surface area (Å²) in [4.78, 5) is 19.8. The highest BCUT2D eigenvalue weighted by atomic mass is 16.5. The molecule has 0 spiro atoms. The minimum absolute atomic E-state index is 0.281. The van der Waals surface area contributed by atoms with Gasteiger partial charge < -0.3 is 15.0 Å². The second kappa shape index (κ2) is 9.81. The molecule has 2 aromatic heterocycles. The quantitative estimate of drug-likeness (QED) is 0.540. The van der Waals surface area contributed by atoms with Gasteiger partial charge in [-0.25, -0.2) is 4.98 Å². The van der Waals surface area contributed by atoms with Crippen LogP contribution >= 0.6 is 0 Å². The fourth-order valence-electron chi connectivity index (χ4n) is 5.35. The Morgan fingerprint density at radius 3 is 2.85 bits per heavy atom. The summed E-state index contributed by atoms with van der Waals surface area (Å²) >= 11 is 0. The molecule has 0 unspecified atom stereocenters. The third-order valence-corrected chi connectivity index (χ3v) is 7.21. The average molecular weight is 448 g/mol. The van der Waals surface area contributed by atoms with E-state index in [1.165, 1.54) is 25.7 Å². The first-order chi connectivity index (χ1) is 16.2. The van der Waals surface area contributed by atoms with Gasteiger partial charge >= 0.3 is 0 Å². The normalized spacial score (nSPS) is 19.2. The predicted octanol–water partition coefficient (Wildman–Crippen LogP) is 4.86. The Labute approximate surface area is 194 Å². The number of amides is 1. The van der Waals surface area contributed by atoms with E-state index in [9.17, 15) is 4.79 Å². The maximum Gasteiger partial charge on any atom is 0.222 e. The van der Waals surface area contributed by atoms with Gasteiger partial charge in [0.1, 0.15) is 5.75 Å². The van der Waals surface area contributed by atoms with Crippen molar-refractivity contribution in [1.29, 1.82) is 0 Å². The largest absolute Gasteiger partial charge is 0.496 e. The molecule has 5 rings (SSSR count). The van der Waals surface area contributed by atoms with E-state index in [1.54, 1.807) is 7.11 Å². The molecular weight excluding hydrogens is 414 g/mol. The molecule has 1 aliphatic heterocycles. The molecule has 0 radical (unpaired) electrons. The van der Waals surface area contributed by atoms with Crippen LogP contribution in [0.3, 0.4) is 0 Å². The van der Waals surface area contributed by atoms with Crippen molar-refractivity contribution >= 4 is 22.8 Å². The van der Waals surface area contributed by atoms with Crippen molar-refractivity contribution in [2.24, 2.45) is 5.92 Å². The average Bonchev–Trinajstić information content (AvgIpc) is 3.52. The summed E-state index contributed by atoms with van der Waals surface area (Å²) < 4.78 is 5.44. The number of likely N-dealkylation sites (tertiary alicyclic amines) is 1. The van der Waals surface area contributed by atoms with Crippen molar-refractivity contribution in [3.05, 3.63) is 47.7 Å². The Morgan fingerprint density at radius 1 is 1.15 bits per heavy atom. The lowest BCUT2D eigenvalue weighted by Gasteiger charge is -2.33. The summed E-state index contributed by atoms with van der Waals surface area (Å²) in [6.07, 6.45) is 7.83. The summed E-state index contributed by atoms with van der Waals surface area (Å²) in [5.74, 6) is 2.85. The molecule has 174 valence electrons. The van der Waals surface area contributed by atoms with Gasteiger partial charge in [-0.1, -0.05) is 31.0 Å². The number of aromatic nitrogens is 3. The first-order valence-corrected chi connectivity index (χ1v) is 12.2. The predicted molar refractivity (Wildman–Crippen MR) is 129 cm³/mol. The molecule has 1 aliphatic carbocycles. The minimum Gasteiger partial charge on any atom is -0.496 e. The number of para-hydroxylation sites is 1. The Hall–Kier alpha value is -3.09. The van der Waals surface area contributed by atoms with E-state index < -0.39 is 0 Å².